The van der Waals surface area contributed by atoms with Crippen molar-refractivity contribution in [3.63, 3.8) is 0 Å². The van der Waals surface area contributed by atoms with Gasteiger partial charge in [-0.15, -0.1) is 0 Å². The first-order chi connectivity index (χ1) is 12.7. The van der Waals surface area contributed by atoms with E-state index < -0.39 is 0 Å². The van der Waals surface area contributed by atoms with Crippen molar-refractivity contribution in [3.8, 4) is 0 Å². The minimum absolute atomic E-state index is 0.0858. The fourth-order valence-corrected chi connectivity index (χ4v) is 3.23. The van der Waals surface area contributed by atoms with Crippen LogP contribution in [0.1, 0.15) is 110 Å². The predicted molar refractivity (Wildman–Crippen MR) is 111 cm³/mol. The molecule has 0 aliphatic carbocycles. The maximum Gasteiger partial charge on any atom is 0.330 e. The molecule has 0 saturated carbocycles. The Balaban J connectivity index is 3.58. The average Bonchev–Trinajstić information content (AvgIpc) is 2.65. The second-order valence-electron chi connectivity index (χ2n) is 7.28. The maximum absolute atomic E-state index is 11.5. The summed E-state index contributed by atoms with van der Waals surface area (Å²) in [5, 5.41) is 0. The Morgan fingerprint density at radius 1 is 0.808 bits per heavy atom. The molecule has 0 aromatic heterocycles. The normalized spacial score (nSPS) is 12.1. The summed E-state index contributed by atoms with van der Waals surface area (Å²) < 4.78 is 10.9. The number of carbonyl (C=O) groups is 1. The molecular formula is C23H44O3. The van der Waals surface area contributed by atoms with Gasteiger partial charge in [0.25, 0.3) is 0 Å². The van der Waals surface area contributed by atoms with Crippen LogP contribution in [0.3, 0.4) is 0 Å². The van der Waals surface area contributed by atoms with Crippen LogP contribution < -0.4 is 0 Å². The molecule has 0 amide bonds. The molecule has 0 bridgehead atoms. The van der Waals surface area contributed by atoms with Crippen molar-refractivity contribution in [2.45, 2.75) is 116 Å². The van der Waals surface area contributed by atoms with Crippen molar-refractivity contribution in [1.82, 2.24) is 0 Å². The Morgan fingerprint density at radius 2 is 1.31 bits per heavy atom. The number of rotatable bonds is 20. The third-order valence-corrected chi connectivity index (χ3v) is 4.85. The Hall–Kier alpha value is -0.830. The summed E-state index contributed by atoms with van der Waals surface area (Å²) in [5.74, 6) is -0.269. The van der Waals surface area contributed by atoms with E-state index in [1.807, 2.05) is 0 Å². The van der Waals surface area contributed by atoms with E-state index in [9.17, 15) is 4.79 Å². The summed E-state index contributed by atoms with van der Waals surface area (Å²) in [7, 11) is 0. The summed E-state index contributed by atoms with van der Waals surface area (Å²) in [6, 6.07) is 0. The first kappa shape index (κ1) is 25.2. The Kier molecular flexibility index (Phi) is 19.8. The monoisotopic (exact) mass is 368 g/mol. The van der Waals surface area contributed by atoms with Gasteiger partial charge in [0.15, 0.2) is 0 Å². The highest BCUT2D eigenvalue weighted by Gasteiger charge is 2.12. The summed E-state index contributed by atoms with van der Waals surface area (Å²) in [6.45, 7) is 9.54. The van der Waals surface area contributed by atoms with Gasteiger partial charge >= 0.3 is 5.97 Å². The minimum atomic E-state index is -0.269. The van der Waals surface area contributed by atoms with E-state index in [2.05, 4.69) is 20.4 Å². The van der Waals surface area contributed by atoms with Crippen molar-refractivity contribution in [2.24, 2.45) is 0 Å². The molecule has 26 heavy (non-hydrogen) atoms. The number of unbranched alkanes of at least 4 members (excludes halogenated alkanes) is 11. The number of hydrogen-bond acceptors (Lipinski definition) is 3. The molecule has 0 saturated heterocycles. The topological polar surface area (TPSA) is 35.5 Å². The van der Waals surface area contributed by atoms with Crippen LogP contribution in [-0.4, -0.2) is 25.3 Å². The molecule has 0 radical (unpaired) electrons. The van der Waals surface area contributed by atoms with Gasteiger partial charge in [0.1, 0.15) is 6.10 Å². The SMILES string of the molecule is C=CC(=O)OC(CCCCCC)CCCCCCCCCCCOCC. The molecule has 0 N–H and O–H groups in total. The summed E-state index contributed by atoms with van der Waals surface area (Å²) in [5.41, 5.74) is 0. The minimum Gasteiger partial charge on any atom is -0.459 e. The van der Waals surface area contributed by atoms with Crippen LogP contribution in [0.4, 0.5) is 0 Å². The Bertz CT molecular complexity index is 315. The third kappa shape index (κ3) is 18.0. The highest BCUT2D eigenvalue weighted by molar-refractivity contribution is 5.81. The second-order valence-corrected chi connectivity index (χ2v) is 7.28. The standard InChI is InChI=1S/C23H44O3/c1-4-7-8-16-19-22(26-23(24)5-2)20-17-14-12-10-9-11-13-15-18-21-25-6-3/h5,22H,2,4,6-21H2,1,3H3. The van der Waals surface area contributed by atoms with Gasteiger partial charge in [-0.25, -0.2) is 4.79 Å². The van der Waals surface area contributed by atoms with Crippen LogP contribution in [0.2, 0.25) is 0 Å². The fourth-order valence-electron chi connectivity index (χ4n) is 3.23. The summed E-state index contributed by atoms with van der Waals surface area (Å²) in [6.07, 6.45) is 19.9. The van der Waals surface area contributed by atoms with Crippen LogP contribution in [0.25, 0.3) is 0 Å². The van der Waals surface area contributed by atoms with Gasteiger partial charge in [-0.1, -0.05) is 77.7 Å². The largest absolute Gasteiger partial charge is 0.459 e. The zero-order chi connectivity index (χ0) is 19.3. The van der Waals surface area contributed by atoms with Crippen molar-refractivity contribution in [3.05, 3.63) is 12.7 Å². The van der Waals surface area contributed by atoms with Gasteiger partial charge in [0, 0.05) is 19.3 Å². The van der Waals surface area contributed by atoms with E-state index in [-0.39, 0.29) is 12.1 Å². The molecule has 0 aliphatic rings. The molecule has 1 unspecified atom stereocenters. The van der Waals surface area contributed by atoms with Crippen molar-refractivity contribution < 1.29 is 14.3 Å². The molecule has 1 atom stereocenters. The summed E-state index contributed by atoms with van der Waals surface area (Å²) in [4.78, 5) is 11.5. The molecule has 0 aliphatic heterocycles. The van der Waals surface area contributed by atoms with Crippen molar-refractivity contribution in [1.29, 1.82) is 0 Å². The Labute approximate surface area is 162 Å². The van der Waals surface area contributed by atoms with Gasteiger partial charge < -0.3 is 9.47 Å². The number of esters is 1. The second kappa shape index (κ2) is 20.5. The van der Waals surface area contributed by atoms with Crippen LogP contribution >= 0.6 is 0 Å². The lowest BCUT2D eigenvalue weighted by Gasteiger charge is -2.17. The molecule has 0 rings (SSSR count). The molecule has 0 spiro atoms. The van der Waals surface area contributed by atoms with E-state index in [1.54, 1.807) is 0 Å². The lowest BCUT2D eigenvalue weighted by molar-refractivity contribution is -0.143. The van der Waals surface area contributed by atoms with Gasteiger partial charge in [0.05, 0.1) is 0 Å². The van der Waals surface area contributed by atoms with E-state index in [4.69, 9.17) is 9.47 Å². The summed E-state index contributed by atoms with van der Waals surface area (Å²) >= 11 is 0. The maximum atomic E-state index is 11.5. The fraction of sp³-hybridized carbons (Fsp3) is 0.870. The number of ether oxygens (including phenoxy) is 2. The zero-order valence-corrected chi connectivity index (χ0v) is 17.6. The average molecular weight is 369 g/mol. The van der Waals surface area contributed by atoms with Crippen LogP contribution in [0, 0.1) is 0 Å². The quantitative estimate of drug-likeness (QED) is 0.132. The first-order valence-electron chi connectivity index (χ1n) is 11.1. The van der Waals surface area contributed by atoms with E-state index in [0.717, 1.165) is 38.9 Å². The highest BCUT2D eigenvalue weighted by atomic mass is 16.5. The highest BCUT2D eigenvalue weighted by Crippen LogP contribution is 2.17. The number of hydrogen-bond donors (Lipinski definition) is 0. The third-order valence-electron chi connectivity index (χ3n) is 4.85. The predicted octanol–water partition coefficient (Wildman–Crippen LogP) is 6.99. The smallest absolute Gasteiger partial charge is 0.330 e. The van der Waals surface area contributed by atoms with Crippen LogP contribution in [0.5, 0.6) is 0 Å². The zero-order valence-electron chi connectivity index (χ0n) is 17.6. The molecule has 0 heterocycles. The van der Waals surface area contributed by atoms with Gasteiger partial charge in [0.2, 0.25) is 0 Å². The van der Waals surface area contributed by atoms with Crippen molar-refractivity contribution in [2.75, 3.05) is 13.2 Å². The first-order valence-corrected chi connectivity index (χ1v) is 11.1. The lowest BCUT2D eigenvalue weighted by Crippen LogP contribution is -2.16. The van der Waals surface area contributed by atoms with Crippen LogP contribution in [0.15, 0.2) is 12.7 Å². The Morgan fingerprint density at radius 3 is 1.81 bits per heavy atom. The molecule has 0 aromatic rings. The lowest BCUT2D eigenvalue weighted by atomic mass is 10.0. The van der Waals surface area contributed by atoms with Crippen LogP contribution in [-0.2, 0) is 14.3 Å². The molecular weight excluding hydrogens is 324 g/mol. The van der Waals surface area contributed by atoms with E-state index in [0.29, 0.717) is 0 Å². The van der Waals surface area contributed by atoms with Crippen molar-refractivity contribution >= 4 is 5.97 Å². The molecule has 3 nitrogen and oxygen atoms in total. The number of carbonyl (C=O) groups excluding carboxylic acids is 1. The van der Waals surface area contributed by atoms with E-state index in [1.165, 1.54) is 76.7 Å². The van der Waals surface area contributed by atoms with Gasteiger partial charge in [-0.2, -0.15) is 0 Å². The molecule has 0 fully saturated rings. The van der Waals surface area contributed by atoms with Gasteiger partial charge in [-0.05, 0) is 39.0 Å². The molecule has 154 valence electrons. The van der Waals surface area contributed by atoms with Gasteiger partial charge in [-0.3, -0.25) is 0 Å². The van der Waals surface area contributed by atoms with E-state index >= 15 is 0 Å². The molecule has 0 aromatic carbocycles. The molecule has 3 heteroatoms.